The molecule has 0 unspecified atom stereocenters. The van der Waals surface area contributed by atoms with Gasteiger partial charge in [0.15, 0.2) is 0 Å². The van der Waals surface area contributed by atoms with Crippen molar-refractivity contribution in [1.82, 2.24) is 19.4 Å². The van der Waals surface area contributed by atoms with Gasteiger partial charge in [-0.25, -0.2) is 9.37 Å². The van der Waals surface area contributed by atoms with Crippen molar-refractivity contribution in [3.05, 3.63) is 60.2 Å². The fourth-order valence-electron chi connectivity index (χ4n) is 3.70. The van der Waals surface area contributed by atoms with E-state index in [2.05, 4.69) is 15.5 Å². The summed E-state index contributed by atoms with van der Waals surface area (Å²) in [6.45, 7) is 6.67. The molecule has 7 heteroatoms. The zero-order valence-corrected chi connectivity index (χ0v) is 16.6. The van der Waals surface area contributed by atoms with Crippen molar-refractivity contribution >= 4 is 16.9 Å². The Morgan fingerprint density at radius 3 is 2.52 bits per heavy atom. The number of para-hydroxylation sites is 2. The minimum atomic E-state index is -0.273. The van der Waals surface area contributed by atoms with Crippen molar-refractivity contribution in [2.24, 2.45) is 0 Å². The minimum absolute atomic E-state index is 0.134. The number of hydrogen-bond donors (Lipinski definition) is 0. The highest BCUT2D eigenvalue weighted by Gasteiger charge is 2.21. The highest BCUT2D eigenvalue weighted by atomic mass is 19.1. The minimum Gasteiger partial charge on any atom is -0.492 e. The molecule has 0 bridgehead atoms. The number of amides is 1. The van der Waals surface area contributed by atoms with Gasteiger partial charge < -0.3 is 14.2 Å². The van der Waals surface area contributed by atoms with Gasteiger partial charge in [0, 0.05) is 33.1 Å². The number of piperazine rings is 1. The Labute approximate surface area is 169 Å². The van der Waals surface area contributed by atoms with Crippen molar-refractivity contribution in [1.29, 1.82) is 0 Å². The lowest BCUT2D eigenvalue weighted by molar-refractivity contribution is -0.130. The first kappa shape index (κ1) is 19.4. The maximum Gasteiger partial charge on any atom is 0.219 e. The zero-order chi connectivity index (χ0) is 20.2. The molecule has 1 amide bonds. The standard InChI is InChI=1S/C22H25FN4O2/c1-17(28)26-12-10-25(11-13-26)16-22-24-20-4-2-3-5-21(20)27(22)14-15-29-19-8-6-18(23)7-9-19/h2-9H,10-16H2,1H3. The van der Waals surface area contributed by atoms with Crippen LogP contribution in [0.1, 0.15) is 12.7 Å². The molecule has 1 aliphatic rings. The van der Waals surface area contributed by atoms with Gasteiger partial charge in [-0.3, -0.25) is 9.69 Å². The summed E-state index contributed by atoms with van der Waals surface area (Å²) in [7, 11) is 0. The van der Waals surface area contributed by atoms with E-state index in [1.54, 1.807) is 19.1 Å². The fraction of sp³-hybridized carbons (Fsp3) is 0.364. The van der Waals surface area contributed by atoms with Crippen molar-refractivity contribution in [3.8, 4) is 5.75 Å². The maximum absolute atomic E-state index is 13.1. The molecular weight excluding hydrogens is 371 g/mol. The molecule has 0 spiro atoms. The molecule has 1 aliphatic heterocycles. The van der Waals surface area contributed by atoms with Gasteiger partial charge in [0.2, 0.25) is 5.91 Å². The molecule has 3 aromatic rings. The van der Waals surface area contributed by atoms with Gasteiger partial charge in [-0.1, -0.05) is 12.1 Å². The summed E-state index contributed by atoms with van der Waals surface area (Å²) >= 11 is 0. The Morgan fingerprint density at radius 1 is 1.07 bits per heavy atom. The largest absolute Gasteiger partial charge is 0.492 e. The Kier molecular flexibility index (Phi) is 5.76. The molecule has 0 saturated carbocycles. The summed E-state index contributed by atoms with van der Waals surface area (Å²) < 4.78 is 21.0. The number of fused-ring (bicyclic) bond motifs is 1. The van der Waals surface area contributed by atoms with E-state index in [1.165, 1.54) is 12.1 Å². The van der Waals surface area contributed by atoms with E-state index in [1.807, 2.05) is 23.1 Å². The Morgan fingerprint density at radius 2 is 1.79 bits per heavy atom. The lowest BCUT2D eigenvalue weighted by Gasteiger charge is -2.34. The number of rotatable bonds is 6. The zero-order valence-electron chi connectivity index (χ0n) is 16.6. The predicted octanol–water partition coefficient (Wildman–Crippen LogP) is 2.92. The first-order chi connectivity index (χ1) is 14.1. The van der Waals surface area contributed by atoms with Crippen LogP contribution in [0.3, 0.4) is 0 Å². The summed E-state index contributed by atoms with van der Waals surface area (Å²) in [4.78, 5) is 20.6. The van der Waals surface area contributed by atoms with Crippen LogP contribution >= 0.6 is 0 Å². The lowest BCUT2D eigenvalue weighted by atomic mass is 10.3. The first-order valence-electron chi connectivity index (χ1n) is 9.90. The van der Waals surface area contributed by atoms with Gasteiger partial charge in [-0.15, -0.1) is 0 Å². The molecule has 1 aromatic heterocycles. The number of halogens is 1. The van der Waals surface area contributed by atoms with Crippen LogP contribution in [0.2, 0.25) is 0 Å². The van der Waals surface area contributed by atoms with Crippen molar-refractivity contribution in [3.63, 3.8) is 0 Å². The second kappa shape index (κ2) is 8.61. The molecule has 6 nitrogen and oxygen atoms in total. The fourth-order valence-corrected chi connectivity index (χ4v) is 3.70. The summed E-state index contributed by atoms with van der Waals surface area (Å²) in [6, 6.07) is 14.2. The number of ether oxygens (including phenoxy) is 1. The number of benzene rings is 2. The number of hydrogen-bond acceptors (Lipinski definition) is 4. The smallest absolute Gasteiger partial charge is 0.219 e. The van der Waals surface area contributed by atoms with Gasteiger partial charge in [0.25, 0.3) is 0 Å². The van der Waals surface area contributed by atoms with Crippen LogP contribution in [0.5, 0.6) is 5.75 Å². The Bertz CT molecular complexity index is 978. The van der Waals surface area contributed by atoms with E-state index in [0.29, 0.717) is 18.9 Å². The molecule has 29 heavy (non-hydrogen) atoms. The van der Waals surface area contributed by atoms with Crippen molar-refractivity contribution in [2.75, 3.05) is 32.8 Å². The van der Waals surface area contributed by atoms with Crippen LogP contribution in [0.15, 0.2) is 48.5 Å². The predicted molar refractivity (Wildman–Crippen MR) is 109 cm³/mol. The van der Waals surface area contributed by atoms with E-state index in [-0.39, 0.29) is 11.7 Å². The van der Waals surface area contributed by atoms with E-state index in [9.17, 15) is 9.18 Å². The first-order valence-corrected chi connectivity index (χ1v) is 9.90. The van der Waals surface area contributed by atoms with Crippen LogP contribution in [-0.2, 0) is 17.9 Å². The van der Waals surface area contributed by atoms with Crippen LogP contribution in [0.25, 0.3) is 11.0 Å². The molecule has 0 aliphatic carbocycles. The second-order valence-electron chi connectivity index (χ2n) is 7.25. The van der Waals surface area contributed by atoms with Gasteiger partial charge in [0.05, 0.1) is 24.1 Å². The quantitative estimate of drug-likeness (QED) is 0.643. The summed E-state index contributed by atoms with van der Waals surface area (Å²) in [5.41, 5.74) is 2.04. The summed E-state index contributed by atoms with van der Waals surface area (Å²) in [5, 5.41) is 0. The Hall–Kier alpha value is -2.93. The van der Waals surface area contributed by atoms with Crippen LogP contribution in [0.4, 0.5) is 4.39 Å². The third-order valence-corrected chi connectivity index (χ3v) is 5.31. The molecule has 2 heterocycles. The Balaban J connectivity index is 1.46. The number of nitrogens with zero attached hydrogens (tertiary/aromatic N) is 4. The maximum atomic E-state index is 13.1. The molecule has 4 rings (SSSR count). The molecule has 0 radical (unpaired) electrons. The number of carbonyl (C=O) groups is 1. The molecule has 1 fully saturated rings. The van der Waals surface area contributed by atoms with Crippen LogP contribution in [0, 0.1) is 5.82 Å². The monoisotopic (exact) mass is 396 g/mol. The van der Waals surface area contributed by atoms with E-state index < -0.39 is 0 Å². The average molecular weight is 396 g/mol. The third kappa shape index (κ3) is 4.56. The number of imidazole rings is 1. The van der Waals surface area contributed by atoms with Crippen molar-refractivity contribution < 1.29 is 13.9 Å². The molecule has 0 N–H and O–H groups in total. The molecule has 0 atom stereocenters. The highest BCUT2D eigenvalue weighted by molar-refractivity contribution is 5.76. The van der Waals surface area contributed by atoms with E-state index in [0.717, 1.165) is 49.6 Å². The van der Waals surface area contributed by atoms with E-state index >= 15 is 0 Å². The lowest BCUT2D eigenvalue weighted by Crippen LogP contribution is -2.47. The van der Waals surface area contributed by atoms with Crippen molar-refractivity contribution in [2.45, 2.75) is 20.0 Å². The average Bonchev–Trinajstić information content (AvgIpc) is 3.07. The molecule has 1 saturated heterocycles. The molecule has 2 aromatic carbocycles. The molecule has 152 valence electrons. The SMILES string of the molecule is CC(=O)N1CCN(Cc2nc3ccccc3n2CCOc2ccc(F)cc2)CC1. The topological polar surface area (TPSA) is 50.6 Å². The van der Waals surface area contributed by atoms with Gasteiger partial charge in [-0.2, -0.15) is 0 Å². The van der Waals surface area contributed by atoms with Gasteiger partial charge in [0.1, 0.15) is 24.0 Å². The highest BCUT2D eigenvalue weighted by Crippen LogP contribution is 2.19. The number of aromatic nitrogens is 2. The molecular formula is C22H25FN4O2. The van der Waals surface area contributed by atoms with Gasteiger partial charge >= 0.3 is 0 Å². The summed E-state index contributed by atoms with van der Waals surface area (Å²) in [6.07, 6.45) is 0. The third-order valence-electron chi connectivity index (χ3n) is 5.31. The summed E-state index contributed by atoms with van der Waals surface area (Å²) in [5.74, 6) is 1.50. The van der Waals surface area contributed by atoms with E-state index in [4.69, 9.17) is 9.72 Å². The second-order valence-corrected chi connectivity index (χ2v) is 7.25. The van der Waals surface area contributed by atoms with Gasteiger partial charge in [-0.05, 0) is 36.4 Å². The van der Waals surface area contributed by atoms with Crippen LogP contribution < -0.4 is 4.74 Å². The van der Waals surface area contributed by atoms with Crippen LogP contribution in [-0.4, -0.2) is 58.0 Å². The number of carbonyl (C=O) groups excluding carboxylic acids is 1. The normalized spacial score (nSPS) is 15.0.